The number of ether oxygens (including phenoxy) is 3. The van der Waals surface area contributed by atoms with Gasteiger partial charge in [-0.25, -0.2) is 0 Å². The lowest BCUT2D eigenvalue weighted by Crippen LogP contribution is -2.40. The number of hydrogen-bond acceptors (Lipinski definition) is 6. The van der Waals surface area contributed by atoms with Gasteiger partial charge in [-0.05, 0) is 13.8 Å². The molecule has 0 aromatic heterocycles. The third-order valence-electron chi connectivity index (χ3n) is 3.07. The molecule has 2 saturated heterocycles. The largest absolute Gasteiger partial charge is 0.394 e. The van der Waals surface area contributed by atoms with E-state index in [-0.39, 0.29) is 13.0 Å². The van der Waals surface area contributed by atoms with Crippen LogP contribution >= 0.6 is 0 Å². The molecule has 0 saturated carbocycles. The van der Waals surface area contributed by atoms with E-state index in [1.165, 1.54) is 0 Å². The Bertz CT molecular complexity index is 339. The second-order valence-corrected chi connectivity index (χ2v) is 4.84. The molecule has 96 valence electrons. The molecule has 0 amide bonds. The fourth-order valence-electron chi connectivity index (χ4n) is 2.46. The Morgan fingerprint density at radius 1 is 1.35 bits per heavy atom. The smallest absolute Gasteiger partial charge is 0.202 e. The van der Waals surface area contributed by atoms with Crippen LogP contribution in [0.25, 0.3) is 0 Å². The van der Waals surface area contributed by atoms with E-state index in [1.807, 2.05) is 6.07 Å². The molecule has 6 heteroatoms. The van der Waals surface area contributed by atoms with Gasteiger partial charge < -0.3 is 24.4 Å². The molecule has 0 radical (unpaired) electrons. The molecule has 0 spiro atoms. The first-order valence-electron chi connectivity index (χ1n) is 5.66. The maximum Gasteiger partial charge on any atom is 0.202 e. The number of nitrogens with zero attached hydrogens (tertiary/aromatic N) is 1. The molecule has 2 aliphatic heterocycles. The average molecular weight is 243 g/mol. The average Bonchev–Trinajstić information content (AvgIpc) is 2.66. The Labute approximate surface area is 99.7 Å². The summed E-state index contributed by atoms with van der Waals surface area (Å²) >= 11 is 0. The first kappa shape index (κ1) is 12.7. The van der Waals surface area contributed by atoms with E-state index in [0.717, 1.165) is 0 Å². The molecule has 17 heavy (non-hydrogen) atoms. The molecule has 4 atom stereocenters. The summed E-state index contributed by atoms with van der Waals surface area (Å²) in [6, 6.07) is 2.02. The summed E-state index contributed by atoms with van der Waals surface area (Å²) in [6.45, 7) is 3.14. The molecule has 0 bridgehead atoms. The minimum atomic E-state index is -1.12. The van der Waals surface area contributed by atoms with Gasteiger partial charge in [0.1, 0.15) is 18.3 Å². The zero-order valence-corrected chi connectivity index (χ0v) is 9.92. The molecule has 2 aliphatic rings. The molecule has 2 N–H and O–H groups in total. The maximum absolute atomic E-state index is 9.98. The van der Waals surface area contributed by atoms with Crippen LogP contribution in [0.1, 0.15) is 26.7 Å². The van der Waals surface area contributed by atoms with Gasteiger partial charge >= 0.3 is 0 Å². The third kappa shape index (κ3) is 2.05. The molecule has 2 rings (SSSR count). The van der Waals surface area contributed by atoms with E-state index >= 15 is 0 Å². The van der Waals surface area contributed by atoms with Crippen molar-refractivity contribution >= 4 is 0 Å². The van der Waals surface area contributed by atoms with Crippen molar-refractivity contribution in [1.29, 1.82) is 5.26 Å². The Kier molecular flexibility index (Phi) is 3.14. The van der Waals surface area contributed by atoms with Crippen molar-refractivity contribution < 1.29 is 24.4 Å². The predicted octanol–water partition coefficient (Wildman–Crippen LogP) is -0.110. The van der Waals surface area contributed by atoms with Crippen LogP contribution in [0.4, 0.5) is 0 Å². The highest BCUT2D eigenvalue weighted by Gasteiger charge is 2.63. The van der Waals surface area contributed by atoms with E-state index in [2.05, 4.69) is 0 Å². The summed E-state index contributed by atoms with van der Waals surface area (Å²) in [5.41, 5.74) is 0. The van der Waals surface area contributed by atoms with Crippen LogP contribution in [0.15, 0.2) is 0 Å². The maximum atomic E-state index is 9.98. The summed E-state index contributed by atoms with van der Waals surface area (Å²) < 4.78 is 16.9. The Balaban J connectivity index is 2.22. The monoisotopic (exact) mass is 243 g/mol. The van der Waals surface area contributed by atoms with Gasteiger partial charge in [0.2, 0.25) is 5.79 Å². The minimum Gasteiger partial charge on any atom is -0.394 e. The minimum absolute atomic E-state index is 0.237. The molecular formula is C11H17NO5. The van der Waals surface area contributed by atoms with Crippen molar-refractivity contribution in [3.63, 3.8) is 0 Å². The van der Waals surface area contributed by atoms with E-state index in [4.69, 9.17) is 24.6 Å². The second-order valence-electron chi connectivity index (χ2n) is 4.84. The fourth-order valence-corrected chi connectivity index (χ4v) is 2.46. The van der Waals surface area contributed by atoms with E-state index in [1.54, 1.807) is 13.8 Å². The van der Waals surface area contributed by atoms with Crippen LogP contribution in [0.3, 0.4) is 0 Å². The highest BCUT2D eigenvalue weighted by atomic mass is 16.9. The molecule has 0 aromatic rings. The van der Waals surface area contributed by atoms with Crippen LogP contribution in [-0.4, -0.2) is 46.7 Å². The van der Waals surface area contributed by atoms with Crippen molar-refractivity contribution in [3.8, 4) is 6.07 Å². The van der Waals surface area contributed by atoms with Crippen LogP contribution < -0.4 is 0 Å². The zero-order valence-electron chi connectivity index (χ0n) is 9.92. The van der Waals surface area contributed by atoms with Gasteiger partial charge in [0.25, 0.3) is 0 Å². The van der Waals surface area contributed by atoms with Crippen molar-refractivity contribution in [2.24, 2.45) is 0 Å². The van der Waals surface area contributed by atoms with Crippen molar-refractivity contribution in [2.45, 2.75) is 56.6 Å². The highest BCUT2D eigenvalue weighted by Crippen LogP contribution is 2.47. The van der Waals surface area contributed by atoms with Crippen molar-refractivity contribution in [3.05, 3.63) is 0 Å². The number of fused-ring (bicyclic) bond motifs is 1. The van der Waals surface area contributed by atoms with E-state index in [9.17, 15) is 5.11 Å². The van der Waals surface area contributed by atoms with Crippen molar-refractivity contribution in [1.82, 2.24) is 0 Å². The predicted molar refractivity (Wildman–Crippen MR) is 55.6 cm³/mol. The Morgan fingerprint density at radius 3 is 2.65 bits per heavy atom. The SMILES string of the molecule is CC1(C)O[C@H]2[C@H](O)[C@H](CO)O[C@@]2(CCC#N)O1. The quantitative estimate of drug-likeness (QED) is 0.718. The Morgan fingerprint density at radius 2 is 2.06 bits per heavy atom. The number of rotatable bonds is 3. The lowest BCUT2D eigenvalue weighted by Gasteiger charge is -2.27. The summed E-state index contributed by atoms with van der Waals surface area (Å²) in [5, 5.41) is 27.7. The summed E-state index contributed by atoms with van der Waals surface area (Å²) in [4.78, 5) is 0. The van der Waals surface area contributed by atoms with Gasteiger partial charge in [0, 0.05) is 12.8 Å². The third-order valence-corrected chi connectivity index (χ3v) is 3.07. The van der Waals surface area contributed by atoms with Crippen LogP contribution in [0.5, 0.6) is 0 Å². The summed E-state index contributed by atoms with van der Waals surface area (Å²) in [6.07, 6.45) is -1.79. The zero-order chi connectivity index (χ0) is 12.7. The van der Waals surface area contributed by atoms with Crippen LogP contribution in [0, 0.1) is 11.3 Å². The molecule has 2 heterocycles. The van der Waals surface area contributed by atoms with Gasteiger partial charge in [-0.3, -0.25) is 0 Å². The number of nitriles is 1. The first-order chi connectivity index (χ1) is 7.94. The topological polar surface area (TPSA) is 91.9 Å². The molecule has 6 nitrogen and oxygen atoms in total. The number of hydrogen-bond donors (Lipinski definition) is 2. The fraction of sp³-hybridized carbons (Fsp3) is 0.909. The molecule has 0 aliphatic carbocycles. The number of aliphatic hydroxyl groups excluding tert-OH is 2. The van der Waals surface area contributed by atoms with Gasteiger partial charge in [-0.1, -0.05) is 0 Å². The van der Waals surface area contributed by atoms with E-state index in [0.29, 0.717) is 6.42 Å². The standard InChI is InChI=1S/C11H17NO5/c1-10(2)16-9-8(14)7(6-13)15-11(9,17-10)4-3-5-12/h7-9,13-14H,3-4,6H2,1-2H3/t7-,8+,9-,11-/m0/s1. The summed E-state index contributed by atoms with van der Waals surface area (Å²) in [5.74, 6) is -1.98. The van der Waals surface area contributed by atoms with Gasteiger partial charge in [0.05, 0.1) is 12.7 Å². The van der Waals surface area contributed by atoms with Gasteiger partial charge in [-0.2, -0.15) is 5.26 Å². The number of aliphatic hydroxyl groups is 2. The van der Waals surface area contributed by atoms with Crippen LogP contribution in [-0.2, 0) is 14.2 Å². The molecule has 2 fully saturated rings. The lowest BCUT2D eigenvalue weighted by atomic mass is 10.0. The van der Waals surface area contributed by atoms with Crippen LogP contribution in [0.2, 0.25) is 0 Å². The summed E-state index contributed by atoms with van der Waals surface area (Å²) in [7, 11) is 0. The van der Waals surface area contributed by atoms with E-state index < -0.39 is 29.9 Å². The highest BCUT2D eigenvalue weighted by molar-refractivity contribution is 5.03. The second kappa shape index (κ2) is 4.19. The normalized spacial score (nSPS) is 43.4. The van der Waals surface area contributed by atoms with Crippen molar-refractivity contribution in [2.75, 3.05) is 6.61 Å². The molecule has 0 aromatic carbocycles. The molecular weight excluding hydrogens is 226 g/mol. The lowest BCUT2D eigenvalue weighted by molar-refractivity contribution is -0.267. The van der Waals surface area contributed by atoms with Gasteiger partial charge in [0.15, 0.2) is 5.79 Å². The molecule has 0 unspecified atom stereocenters. The Hall–Kier alpha value is -0.710. The van der Waals surface area contributed by atoms with Gasteiger partial charge in [-0.15, -0.1) is 0 Å². The first-order valence-corrected chi connectivity index (χ1v) is 5.66.